The molecular weight excluding hydrogens is 208 g/mol. The summed E-state index contributed by atoms with van der Waals surface area (Å²) in [5.41, 5.74) is 11.0. The highest BCUT2D eigenvalue weighted by Gasteiger charge is 2.13. The highest BCUT2D eigenvalue weighted by molar-refractivity contribution is 5.84. The van der Waals surface area contributed by atoms with Gasteiger partial charge in [0.1, 0.15) is 0 Å². The number of hydrogen-bond donors (Lipinski definition) is 2. The van der Waals surface area contributed by atoms with Crippen LogP contribution in [0.1, 0.15) is 25.7 Å². The Labute approximate surface area is 95.8 Å². The van der Waals surface area contributed by atoms with Crippen LogP contribution in [0, 0.1) is 0 Å². The highest BCUT2D eigenvalue weighted by Crippen LogP contribution is 2.01. The second kappa shape index (κ2) is 9.06. The van der Waals surface area contributed by atoms with Crippen LogP contribution in [-0.2, 0) is 14.3 Å². The molecular formula is C11H20N2O3. The number of hydrogen-bond acceptors (Lipinski definition) is 5. The van der Waals surface area contributed by atoms with Crippen molar-refractivity contribution in [2.75, 3.05) is 13.2 Å². The Morgan fingerprint density at radius 1 is 1.38 bits per heavy atom. The summed E-state index contributed by atoms with van der Waals surface area (Å²) in [6, 6.07) is -0.478. The van der Waals surface area contributed by atoms with Crippen molar-refractivity contribution < 1.29 is 14.3 Å². The van der Waals surface area contributed by atoms with Crippen molar-refractivity contribution in [1.82, 2.24) is 0 Å². The third kappa shape index (κ3) is 7.14. The first-order valence-electron chi connectivity index (χ1n) is 5.39. The second-order valence-corrected chi connectivity index (χ2v) is 3.48. The molecule has 5 nitrogen and oxygen atoms in total. The van der Waals surface area contributed by atoms with Gasteiger partial charge in [0.15, 0.2) is 5.78 Å². The topological polar surface area (TPSA) is 95.4 Å². The number of ketones is 1. The molecule has 0 bridgehead atoms. The van der Waals surface area contributed by atoms with E-state index < -0.39 is 12.0 Å². The smallest absolute Gasteiger partial charge is 0.330 e. The standard InChI is InChI=1S/C11H20N2O3/c1-2-11(15)16-8-6-10(14)9(13)5-3-4-7-12/h2,9H,1,3-8,12-13H2/t9-/m0/s1. The molecule has 0 aromatic carbocycles. The summed E-state index contributed by atoms with van der Waals surface area (Å²) in [7, 11) is 0. The highest BCUT2D eigenvalue weighted by atomic mass is 16.5. The molecule has 0 aliphatic rings. The number of esters is 1. The van der Waals surface area contributed by atoms with Gasteiger partial charge in [0.05, 0.1) is 12.6 Å². The SMILES string of the molecule is C=CC(=O)OCCC(=O)[C@@H](N)CCCCN. The zero-order valence-corrected chi connectivity index (χ0v) is 9.48. The Balaban J connectivity index is 3.62. The third-order valence-electron chi connectivity index (χ3n) is 2.14. The molecule has 0 unspecified atom stereocenters. The fourth-order valence-corrected chi connectivity index (χ4v) is 1.17. The number of Topliss-reactive ketones (excluding diaryl/α,β-unsaturated/α-hetero) is 1. The van der Waals surface area contributed by atoms with Crippen LogP contribution >= 0.6 is 0 Å². The van der Waals surface area contributed by atoms with Gasteiger partial charge in [-0.3, -0.25) is 4.79 Å². The van der Waals surface area contributed by atoms with Crippen molar-refractivity contribution in [2.24, 2.45) is 11.5 Å². The van der Waals surface area contributed by atoms with Crippen LogP contribution in [0.3, 0.4) is 0 Å². The van der Waals surface area contributed by atoms with Gasteiger partial charge in [0.25, 0.3) is 0 Å². The first-order chi connectivity index (χ1) is 7.61. The van der Waals surface area contributed by atoms with E-state index in [9.17, 15) is 9.59 Å². The van der Waals surface area contributed by atoms with Crippen LogP contribution in [0.15, 0.2) is 12.7 Å². The van der Waals surface area contributed by atoms with Crippen LogP contribution in [0.2, 0.25) is 0 Å². The van der Waals surface area contributed by atoms with Gasteiger partial charge in [0, 0.05) is 12.5 Å². The van der Waals surface area contributed by atoms with Crippen molar-refractivity contribution in [3.63, 3.8) is 0 Å². The van der Waals surface area contributed by atoms with E-state index in [2.05, 4.69) is 11.3 Å². The number of unbranched alkanes of at least 4 members (excludes halogenated alkanes) is 1. The quantitative estimate of drug-likeness (QED) is 0.332. The van der Waals surface area contributed by atoms with Gasteiger partial charge in [-0.25, -0.2) is 4.79 Å². The third-order valence-corrected chi connectivity index (χ3v) is 2.14. The van der Waals surface area contributed by atoms with Gasteiger partial charge in [-0.2, -0.15) is 0 Å². The molecule has 0 saturated carbocycles. The van der Waals surface area contributed by atoms with E-state index in [-0.39, 0.29) is 18.8 Å². The summed E-state index contributed by atoms with van der Waals surface area (Å²) < 4.78 is 4.68. The maximum atomic E-state index is 11.4. The lowest BCUT2D eigenvalue weighted by molar-refractivity contribution is -0.138. The zero-order valence-electron chi connectivity index (χ0n) is 9.48. The summed E-state index contributed by atoms with van der Waals surface area (Å²) in [4.78, 5) is 22.1. The molecule has 16 heavy (non-hydrogen) atoms. The second-order valence-electron chi connectivity index (χ2n) is 3.48. The van der Waals surface area contributed by atoms with Crippen LogP contribution in [0.4, 0.5) is 0 Å². The molecule has 0 radical (unpaired) electrons. The fourth-order valence-electron chi connectivity index (χ4n) is 1.17. The molecule has 0 saturated heterocycles. The lowest BCUT2D eigenvalue weighted by Gasteiger charge is -2.09. The first-order valence-corrected chi connectivity index (χ1v) is 5.39. The first kappa shape index (κ1) is 14.8. The Morgan fingerprint density at radius 3 is 2.62 bits per heavy atom. The van der Waals surface area contributed by atoms with E-state index in [1.807, 2.05) is 0 Å². The Morgan fingerprint density at radius 2 is 2.06 bits per heavy atom. The number of ether oxygens (including phenoxy) is 1. The Hall–Kier alpha value is -1.20. The average molecular weight is 228 g/mol. The molecule has 4 N–H and O–H groups in total. The molecule has 1 atom stereocenters. The normalized spacial score (nSPS) is 11.9. The molecule has 0 aromatic rings. The number of carbonyl (C=O) groups excluding carboxylic acids is 2. The molecule has 0 amide bonds. The Kier molecular flexibility index (Phi) is 8.38. The predicted octanol–water partition coefficient (Wildman–Crippen LogP) is 0.131. The van der Waals surface area contributed by atoms with Crippen LogP contribution in [-0.4, -0.2) is 30.9 Å². The summed E-state index contributed by atoms with van der Waals surface area (Å²) in [6.07, 6.45) is 3.56. The van der Waals surface area contributed by atoms with Crippen molar-refractivity contribution in [1.29, 1.82) is 0 Å². The van der Waals surface area contributed by atoms with E-state index >= 15 is 0 Å². The van der Waals surface area contributed by atoms with Crippen molar-refractivity contribution in [3.05, 3.63) is 12.7 Å². The predicted molar refractivity (Wildman–Crippen MR) is 61.7 cm³/mol. The van der Waals surface area contributed by atoms with Gasteiger partial charge in [-0.05, 0) is 19.4 Å². The van der Waals surface area contributed by atoms with E-state index in [4.69, 9.17) is 11.5 Å². The van der Waals surface area contributed by atoms with Gasteiger partial charge >= 0.3 is 5.97 Å². The lowest BCUT2D eigenvalue weighted by Crippen LogP contribution is -2.31. The summed E-state index contributed by atoms with van der Waals surface area (Å²) in [5.74, 6) is -0.613. The van der Waals surface area contributed by atoms with Crippen molar-refractivity contribution in [3.8, 4) is 0 Å². The summed E-state index contributed by atoms with van der Waals surface area (Å²) in [6.45, 7) is 3.92. The lowest BCUT2D eigenvalue weighted by atomic mass is 10.0. The average Bonchev–Trinajstić information content (AvgIpc) is 2.28. The molecule has 92 valence electrons. The van der Waals surface area contributed by atoms with Crippen LogP contribution < -0.4 is 11.5 Å². The largest absolute Gasteiger partial charge is 0.462 e. The van der Waals surface area contributed by atoms with E-state index in [1.165, 1.54) is 0 Å². The molecule has 0 spiro atoms. The van der Waals surface area contributed by atoms with Crippen molar-refractivity contribution >= 4 is 11.8 Å². The minimum absolute atomic E-state index is 0.0638. The molecule has 0 aliphatic heterocycles. The van der Waals surface area contributed by atoms with E-state index in [0.717, 1.165) is 18.9 Å². The molecule has 0 fully saturated rings. The summed E-state index contributed by atoms with van der Waals surface area (Å²) in [5, 5.41) is 0. The molecule has 5 heteroatoms. The zero-order chi connectivity index (χ0) is 12.4. The Bertz CT molecular complexity index is 241. The number of nitrogens with two attached hydrogens (primary N) is 2. The van der Waals surface area contributed by atoms with E-state index in [1.54, 1.807) is 0 Å². The number of rotatable bonds is 9. The molecule has 0 aliphatic carbocycles. The van der Waals surface area contributed by atoms with E-state index in [0.29, 0.717) is 13.0 Å². The molecule has 0 aromatic heterocycles. The summed E-state index contributed by atoms with van der Waals surface area (Å²) >= 11 is 0. The van der Waals surface area contributed by atoms with Gasteiger partial charge in [0.2, 0.25) is 0 Å². The van der Waals surface area contributed by atoms with Crippen LogP contribution in [0.25, 0.3) is 0 Å². The molecule has 0 heterocycles. The van der Waals surface area contributed by atoms with Crippen molar-refractivity contribution in [2.45, 2.75) is 31.7 Å². The van der Waals surface area contributed by atoms with Gasteiger partial charge in [-0.15, -0.1) is 0 Å². The monoisotopic (exact) mass is 228 g/mol. The maximum absolute atomic E-state index is 11.4. The van der Waals surface area contributed by atoms with Gasteiger partial charge in [-0.1, -0.05) is 13.0 Å². The number of carbonyl (C=O) groups is 2. The van der Waals surface area contributed by atoms with Gasteiger partial charge < -0.3 is 16.2 Å². The van der Waals surface area contributed by atoms with Crippen LogP contribution in [0.5, 0.6) is 0 Å². The maximum Gasteiger partial charge on any atom is 0.330 e. The minimum Gasteiger partial charge on any atom is -0.462 e. The minimum atomic E-state index is -0.524. The fraction of sp³-hybridized carbons (Fsp3) is 0.636. The molecule has 0 rings (SSSR count).